The topological polar surface area (TPSA) is 39.9 Å². The van der Waals surface area contributed by atoms with Gasteiger partial charge in [-0.2, -0.15) is 5.10 Å². The first-order valence-electron chi connectivity index (χ1n) is 6.30. The highest BCUT2D eigenvalue weighted by Gasteiger charge is 2.10. The number of pyridine rings is 1. The molecule has 3 aromatic rings. The van der Waals surface area contributed by atoms with Gasteiger partial charge >= 0.3 is 0 Å². The molecule has 0 amide bonds. The Morgan fingerprint density at radius 3 is 2.75 bits per heavy atom. The van der Waals surface area contributed by atoms with Crippen molar-refractivity contribution in [2.24, 2.45) is 7.05 Å². The van der Waals surface area contributed by atoms with Crippen molar-refractivity contribution >= 4 is 22.4 Å². The van der Waals surface area contributed by atoms with Gasteiger partial charge in [0.05, 0.1) is 17.3 Å². The van der Waals surface area contributed by atoms with Crippen molar-refractivity contribution in [2.75, 3.05) is 0 Å². The maximum atomic E-state index is 5.92. The van der Waals surface area contributed by atoms with Gasteiger partial charge in [-0.25, -0.2) is 9.67 Å². The van der Waals surface area contributed by atoms with E-state index in [1.165, 1.54) is 0 Å². The smallest absolute Gasteiger partial charge is 0.229 e. The van der Waals surface area contributed by atoms with Gasteiger partial charge < -0.3 is 4.74 Å². The predicted octanol–water partition coefficient (Wildman–Crippen LogP) is 3.81. The fraction of sp³-hybridized carbons (Fsp3) is 0.200. The lowest BCUT2D eigenvalue weighted by molar-refractivity contribution is 0.419. The van der Waals surface area contributed by atoms with Gasteiger partial charge in [0.15, 0.2) is 0 Å². The minimum absolute atomic E-state index is 0.353. The normalized spacial score (nSPS) is 10.9. The Balaban J connectivity index is 2.12. The molecule has 4 nitrogen and oxygen atoms in total. The number of fused-ring (bicyclic) bond motifs is 1. The third-order valence-electron chi connectivity index (χ3n) is 3.06. The van der Waals surface area contributed by atoms with Crippen LogP contribution in [0.1, 0.15) is 11.4 Å². The molecule has 3 rings (SSSR count). The first kappa shape index (κ1) is 12.9. The van der Waals surface area contributed by atoms with E-state index in [4.69, 9.17) is 16.3 Å². The number of halogens is 1. The lowest BCUT2D eigenvalue weighted by Crippen LogP contribution is -1.98. The number of aryl methyl sites for hydroxylation is 2. The van der Waals surface area contributed by atoms with Crippen LogP contribution in [-0.2, 0) is 12.9 Å². The summed E-state index contributed by atoms with van der Waals surface area (Å²) < 4.78 is 7.61. The highest BCUT2D eigenvalue weighted by molar-refractivity contribution is 6.17. The lowest BCUT2D eigenvalue weighted by Gasteiger charge is -2.09. The summed E-state index contributed by atoms with van der Waals surface area (Å²) in [6.07, 6.45) is 0. The molecule has 2 aromatic heterocycles. The van der Waals surface area contributed by atoms with Crippen molar-refractivity contribution < 1.29 is 4.74 Å². The van der Waals surface area contributed by atoms with Gasteiger partial charge in [0.1, 0.15) is 0 Å². The Bertz CT molecular complexity index is 767. The van der Waals surface area contributed by atoms with Gasteiger partial charge in [-0.1, -0.05) is 18.2 Å². The van der Waals surface area contributed by atoms with Gasteiger partial charge in [-0.05, 0) is 24.4 Å². The molecule has 0 N–H and O–H groups in total. The van der Waals surface area contributed by atoms with Crippen LogP contribution in [0.5, 0.6) is 11.8 Å². The van der Waals surface area contributed by atoms with Crippen LogP contribution in [0.2, 0.25) is 0 Å². The molecule has 20 heavy (non-hydrogen) atoms. The third kappa shape index (κ3) is 2.34. The molecule has 0 aliphatic carbocycles. The largest absolute Gasteiger partial charge is 0.420 e. The average molecular weight is 288 g/mol. The van der Waals surface area contributed by atoms with E-state index in [-0.39, 0.29) is 0 Å². The van der Waals surface area contributed by atoms with Gasteiger partial charge in [0.2, 0.25) is 11.8 Å². The second kappa shape index (κ2) is 5.13. The van der Waals surface area contributed by atoms with Crippen molar-refractivity contribution in [2.45, 2.75) is 12.8 Å². The molecule has 0 radical (unpaired) electrons. The molecule has 0 saturated heterocycles. The van der Waals surface area contributed by atoms with E-state index in [0.717, 1.165) is 22.2 Å². The second-order valence-electron chi connectivity index (χ2n) is 4.62. The first-order valence-corrected chi connectivity index (χ1v) is 6.84. The molecule has 0 aliphatic heterocycles. The number of nitrogens with zero attached hydrogens (tertiary/aromatic N) is 3. The summed E-state index contributed by atoms with van der Waals surface area (Å²) in [5, 5.41) is 6.29. The molecular formula is C15H14ClN3O. The Morgan fingerprint density at radius 1 is 1.25 bits per heavy atom. The zero-order chi connectivity index (χ0) is 14.1. The van der Waals surface area contributed by atoms with Gasteiger partial charge in [0.25, 0.3) is 0 Å². The summed E-state index contributed by atoms with van der Waals surface area (Å²) in [7, 11) is 1.84. The molecule has 0 saturated carbocycles. The van der Waals surface area contributed by atoms with Crippen molar-refractivity contribution in [3.63, 3.8) is 0 Å². The summed E-state index contributed by atoms with van der Waals surface area (Å²) in [6, 6.07) is 11.8. The number of hydrogen-bond acceptors (Lipinski definition) is 3. The van der Waals surface area contributed by atoms with E-state index in [9.17, 15) is 0 Å². The minimum Gasteiger partial charge on any atom is -0.420 e. The molecule has 5 heteroatoms. The Hall–Kier alpha value is -2.07. The zero-order valence-electron chi connectivity index (χ0n) is 11.3. The maximum Gasteiger partial charge on any atom is 0.229 e. The molecule has 0 aliphatic rings. The standard InChI is InChI=1S/C15H14ClN3O/c1-10-7-14(19(2)18-10)20-15-13-6-4-3-5-11(13)8-12(9-16)17-15/h3-8H,9H2,1-2H3. The van der Waals surface area contributed by atoms with Crippen LogP contribution in [0.25, 0.3) is 10.8 Å². The number of rotatable bonds is 3. The number of aromatic nitrogens is 3. The highest BCUT2D eigenvalue weighted by Crippen LogP contribution is 2.29. The SMILES string of the molecule is Cc1cc(Oc2nc(CCl)cc3ccccc23)n(C)n1. The second-order valence-corrected chi connectivity index (χ2v) is 4.89. The third-order valence-corrected chi connectivity index (χ3v) is 3.33. The Kier molecular flexibility index (Phi) is 3.32. The van der Waals surface area contributed by atoms with E-state index in [1.807, 2.05) is 50.4 Å². The van der Waals surface area contributed by atoms with Crippen molar-refractivity contribution in [1.82, 2.24) is 14.8 Å². The summed E-state index contributed by atoms with van der Waals surface area (Å²) in [6.45, 7) is 1.92. The van der Waals surface area contributed by atoms with E-state index >= 15 is 0 Å². The van der Waals surface area contributed by atoms with Crippen LogP contribution in [0, 0.1) is 6.92 Å². The van der Waals surface area contributed by atoms with E-state index in [0.29, 0.717) is 17.6 Å². The first-order chi connectivity index (χ1) is 9.67. The van der Waals surface area contributed by atoms with E-state index in [1.54, 1.807) is 4.68 Å². The highest BCUT2D eigenvalue weighted by atomic mass is 35.5. The van der Waals surface area contributed by atoms with Crippen LogP contribution < -0.4 is 4.74 Å². The van der Waals surface area contributed by atoms with Crippen LogP contribution in [0.15, 0.2) is 36.4 Å². The zero-order valence-corrected chi connectivity index (χ0v) is 12.1. The van der Waals surface area contributed by atoms with Gasteiger partial charge in [0, 0.05) is 18.5 Å². The predicted molar refractivity (Wildman–Crippen MR) is 79.3 cm³/mol. The molecule has 0 unspecified atom stereocenters. The molecule has 0 fully saturated rings. The molecule has 0 atom stereocenters. The maximum absolute atomic E-state index is 5.92. The lowest BCUT2D eigenvalue weighted by atomic mass is 10.1. The summed E-state index contributed by atoms with van der Waals surface area (Å²) in [5.74, 6) is 1.57. The summed E-state index contributed by atoms with van der Waals surface area (Å²) >= 11 is 5.90. The summed E-state index contributed by atoms with van der Waals surface area (Å²) in [5.41, 5.74) is 1.69. The van der Waals surface area contributed by atoms with Crippen molar-refractivity contribution in [1.29, 1.82) is 0 Å². The van der Waals surface area contributed by atoms with Crippen molar-refractivity contribution in [3.05, 3.63) is 47.8 Å². The van der Waals surface area contributed by atoms with E-state index < -0.39 is 0 Å². The molecule has 1 aromatic carbocycles. The van der Waals surface area contributed by atoms with Gasteiger partial charge in [-0.15, -0.1) is 11.6 Å². The average Bonchev–Trinajstić information content (AvgIpc) is 2.76. The molecule has 0 bridgehead atoms. The van der Waals surface area contributed by atoms with Crippen LogP contribution >= 0.6 is 11.6 Å². The Morgan fingerprint density at radius 2 is 2.05 bits per heavy atom. The van der Waals surface area contributed by atoms with Crippen LogP contribution in [-0.4, -0.2) is 14.8 Å². The fourth-order valence-corrected chi connectivity index (χ4v) is 2.28. The number of alkyl halides is 1. The quantitative estimate of drug-likeness (QED) is 0.688. The number of benzene rings is 1. The summed E-state index contributed by atoms with van der Waals surface area (Å²) in [4.78, 5) is 4.47. The van der Waals surface area contributed by atoms with Crippen molar-refractivity contribution in [3.8, 4) is 11.8 Å². The van der Waals surface area contributed by atoms with E-state index in [2.05, 4.69) is 10.1 Å². The van der Waals surface area contributed by atoms with Crippen LogP contribution in [0.4, 0.5) is 0 Å². The van der Waals surface area contributed by atoms with Gasteiger partial charge in [-0.3, -0.25) is 0 Å². The molecule has 102 valence electrons. The molecule has 0 spiro atoms. The monoisotopic (exact) mass is 287 g/mol. The number of hydrogen-bond donors (Lipinski definition) is 0. The molecular weight excluding hydrogens is 274 g/mol. The Labute approximate surface area is 122 Å². The molecule has 2 heterocycles. The fourth-order valence-electron chi connectivity index (χ4n) is 2.15. The van der Waals surface area contributed by atoms with Crippen LogP contribution in [0.3, 0.4) is 0 Å². The minimum atomic E-state index is 0.353. The number of ether oxygens (including phenoxy) is 1.